The number of nitrogens with zero attached hydrogens (tertiary/aromatic N) is 3. The van der Waals surface area contributed by atoms with Crippen molar-refractivity contribution in [3.63, 3.8) is 0 Å². The molecule has 144 valence electrons. The van der Waals surface area contributed by atoms with Crippen molar-refractivity contribution >= 4 is 35.0 Å². The number of hydrogen-bond donors (Lipinski definition) is 1. The van der Waals surface area contributed by atoms with Crippen molar-refractivity contribution in [3.8, 4) is 0 Å². The van der Waals surface area contributed by atoms with Crippen LogP contribution in [0.1, 0.15) is 37.1 Å². The Bertz CT molecular complexity index is 954. The molecule has 3 aromatic rings. The van der Waals surface area contributed by atoms with Gasteiger partial charge in [0.2, 0.25) is 5.91 Å². The topological polar surface area (TPSA) is 59.8 Å². The molecule has 0 radical (unpaired) electrons. The summed E-state index contributed by atoms with van der Waals surface area (Å²) in [7, 11) is 0. The lowest BCUT2D eigenvalue weighted by atomic mass is 10.2. The number of nitrogens with one attached hydrogen (secondary N) is 1. The van der Waals surface area contributed by atoms with Gasteiger partial charge in [0, 0.05) is 16.6 Å². The van der Waals surface area contributed by atoms with E-state index in [1.165, 1.54) is 17.3 Å². The molecular formula is C21H21ClN4OS. The fourth-order valence-electron chi connectivity index (χ4n) is 2.93. The Morgan fingerprint density at radius 2 is 1.89 bits per heavy atom. The highest BCUT2D eigenvalue weighted by atomic mass is 35.5. The third kappa shape index (κ3) is 4.56. The van der Waals surface area contributed by atoms with Crippen LogP contribution in [0.15, 0.2) is 59.8 Å². The van der Waals surface area contributed by atoms with E-state index in [1.807, 2.05) is 25.1 Å². The van der Waals surface area contributed by atoms with E-state index in [-0.39, 0.29) is 11.2 Å². The molecule has 1 atom stereocenters. The first-order valence-electron chi connectivity index (χ1n) is 9.30. The van der Waals surface area contributed by atoms with Gasteiger partial charge in [-0.05, 0) is 49.6 Å². The zero-order valence-corrected chi connectivity index (χ0v) is 17.1. The molecule has 1 amide bonds. The molecule has 5 nitrogen and oxygen atoms in total. The van der Waals surface area contributed by atoms with Crippen LogP contribution in [-0.4, -0.2) is 25.9 Å². The van der Waals surface area contributed by atoms with Gasteiger partial charge in [-0.25, -0.2) is 0 Å². The van der Waals surface area contributed by atoms with Crippen LogP contribution in [0.2, 0.25) is 5.02 Å². The van der Waals surface area contributed by atoms with Crippen LogP contribution in [0, 0.1) is 0 Å². The summed E-state index contributed by atoms with van der Waals surface area (Å²) < 4.78 is 2.16. The molecule has 4 rings (SSSR count). The number of amides is 1. The molecule has 1 saturated carbocycles. The molecule has 1 aromatic heterocycles. The van der Waals surface area contributed by atoms with E-state index in [0.717, 1.165) is 29.5 Å². The Hall–Kier alpha value is -2.31. The van der Waals surface area contributed by atoms with E-state index < -0.39 is 0 Å². The SMILES string of the molecule is C[C@H](Sc1nnc(C2CC2)n1Cc1ccccc1)C(=O)Nc1ccc(Cl)cc1. The monoisotopic (exact) mass is 412 g/mol. The maximum atomic E-state index is 12.6. The molecule has 2 aromatic carbocycles. The molecule has 0 bridgehead atoms. The van der Waals surface area contributed by atoms with Crippen molar-refractivity contribution in [1.29, 1.82) is 0 Å². The summed E-state index contributed by atoms with van der Waals surface area (Å²) in [5.41, 5.74) is 1.93. The number of rotatable bonds is 7. The fraction of sp³-hybridized carbons (Fsp3) is 0.286. The van der Waals surface area contributed by atoms with Crippen molar-refractivity contribution in [3.05, 3.63) is 71.0 Å². The van der Waals surface area contributed by atoms with Crippen molar-refractivity contribution in [2.75, 3.05) is 5.32 Å². The van der Waals surface area contributed by atoms with Crippen LogP contribution in [0.3, 0.4) is 0 Å². The molecule has 1 N–H and O–H groups in total. The smallest absolute Gasteiger partial charge is 0.237 e. The molecule has 0 saturated heterocycles. The Balaban J connectivity index is 1.49. The first-order chi connectivity index (χ1) is 13.6. The van der Waals surface area contributed by atoms with Crippen LogP contribution in [-0.2, 0) is 11.3 Å². The van der Waals surface area contributed by atoms with E-state index >= 15 is 0 Å². The molecule has 0 spiro atoms. The van der Waals surface area contributed by atoms with E-state index in [9.17, 15) is 4.79 Å². The van der Waals surface area contributed by atoms with E-state index in [4.69, 9.17) is 11.6 Å². The highest BCUT2D eigenvalue weighted by molar-refractivity contribution is 8.00. The predicted octanol–water partition coefficient (Wildman–Crippen LogP) is 4.98. The number of anilines is 1. The summed E-state index contributed by atoms with van der Waals surface area (Å²) in [5.74, 6) is 1.44. The molecule has 1 fully saturated rings. The van der Waals surface area contributed by atoms with Gasteiger partial charge in [-0.2, -0.15) is 0 Å². The molecule has 0 aliphatic heterocycles. The second-order valence-corrected chi connectivity index (χ2v) is 8.69. The fourth-order valence-corrected chi connectivity index (χ4v) is 3.92. The lowest BCUT2D eigenvalue weighted by Gasteiger charge is -2.14. The molecule has 1 aliphatic carbocycles. The number of carbonyl (C=O) groups is 1. The molecule has 28 heavy (non-hydrogen) atoms. The quantitative estimate of drug-likeness (QED) is 0.556. The Labute approximate surface area is 173 Å². The van der Waals surface area contributed by atoms with Crippen molar-refractivity contribution in [1.82, 2.24) is 14.8 Å². The summed E-state index contributed by atoms with van der Waals surface area (Å²) in [6.07, 6.45) is 2.31. The van der Waals surface area contributed by atoms with Crippen molar-refractivity contribution in [2.45, 2.75) is 42.6 Å². The Morgan fingerprint density at radius 3 is 2.57 bits per heavy atom. The van der Waals surface area contributed by atoms with Crippen molar-refractivity contribution in [2.24, 2.45) is 0 Å². The maximum absolute atomic E-state index is 12.6. The lowest BCUT2D eigenvalue weighted by Crippen LogP contribution is -2.23. The average molecular weight is 413 g/mol. The third-order valence-corrected chi connectivity index (χ3v) is 5.97. The number of hydrogen-bond acceptors (Lipinski definition) is 4. The van der Waals surface area contributed by atoms with E-state index in [0.29, 0.717) is 17.5 Å². The zero-order valence-electron chi connectivity index (χ0n) is 15.5. The number of aromatic nitrogens is 3. The maximum Gasteiger partial charge on any atom is 0.237 e. The van der Waals surface area contributed by atoms with Gasteiger partial charge in [0.1, 0.15) is 5.82 Å². The lowest BCUT2D eigenvalue weighted by molar-refractivity contribution is -0.115. The molecule has 1 heterocycles. The Morgan fingerprint density at radius 1 is 1.18 bits per heavy atom. The summed E-state index contributed by atoms with van der Waals surface area (Å²) in [4.78, 5) is 12.6. The second kappa shape index (κ2) is 8.37. The number of carbonyl (C=O) groups excluding carboxylic acids is 1. The minimum absolute atomic E-state index is 0.0745. The van der Waals surface area contributed by atoms with Gasteiger partial charge in [-0.1, -0.05) is 53.7 Å². The number of halogens is 1. The third-order valence-electron chi connectivity index (χ3n) is 4.63. The summed E-state index contributed by atoms with van der Waals surface area (Å²) in [5, 5.41) is 12.9. The largest absolute Gasteiger partial charge is 0.325 e. The Kier molecular flexibility index (Phi) is 5.69. The van der Waals surface area contributed by atoms with Gasteiger partial charge < -0.3 is 9.88 Å². The molecule has 7 heteroatoms. The van der Waals surface area contributed by atoms with Crippen LogP contribution in [0.25, 0.3) is 0 Å². The summed E-state index contributed by atoms with van der Waals surface area (Å²) in [6.45, 7) is 2.60. The molecule has 0 unspecified atom stereocenters. The first kappa shape index (κ1) is 19.0. The average Bonchev–Trinajstić information content (AvgIpc) is 3.48. The van der Waals surface area contributed by atoms with Crippen LogP contribution in [0.4, 0.5) is 5.69 Å². The van der Waals surface area contributed by atoms with Crippen molar-refractivity contribution < 1.29 is 4.79 Å². The summed E-state index contributed by atoms with van der Waals surface area (Å²) in [6, 6.07) is 17.4. The number of thioether (sulfide) groups is 1. The second-order valence-electron chi connectivity index (χ2n) is 6.94. The normalized spacial score (nSPS) is 14.6. The van der Waals surface area contributed by atoms with Gasteiger partial charge in [0.25, 0.3) is 0 Å². The van der Waals surface area contributed by atoms with Gasteiger partial charge >= 0.3 is 0 Å². The van der Waals surface area contributed by atoms with E-state index in [2.05, 4.69) is 32.2 Å². The van der Waals surface area contributed by atoms with Gasteiger partial charge in [0.05, 0.1) is 11.8 Å². The standard InChI is InChI=1S/C21H21ClN4OS/c1-14(20(27)23-18-11-9-17(22)10-12-18)28-21-25-24-19(16-7-8-16)26(21)13-15-5-3-2-4-6-15/h2-6,9-12,14,16H,7-8,13H2,1H3,(H,23,27)/t14-/m0/s1. The van der Waals surface area contributed by atoms with Crippen LogP contribution < -0.4 is 5.32 Å². The zero-order chi connectivity index (χ0) is 19.5. The minimum atomic E-state index is -0.304. The van der Waals surface area contributed by atoms with Gasteiger partial charge in [-0.3, -0.25) is 4.79 Å². The van der Waals surface area contributed by atoms with E-state index in [1.54, 1.807) is 24.3 Å². The van der Waals surface area contributed by atoms with Gasteiger partial charge in [0.15, 0.2) is 5.16 Å². The number of benzene rings is 2. The van der Waals surface area contributed by atoms with Gasteiger partial charge in [-0.15, -0.1) is 10.2 Å². The first-order valence-corrected chi connectivity index (χ1v) is 10.6. The molecule has 1 aliphatic rings. The highest BCUT2D eigenvalue weighted by Gasteiger charge is 2.31. The minimum Gasteiger partial charge on any atom is -0.325 e. The van der Waals surface area contributed by atoms with Crippen LogP contribution >= 0.6 is 23.4 Å². The predicted molar refractivity (Wildman–Crippen MR) is 113 cm³/mol. The summed E-state index contributed by atoms with van der Waals surface area (Å²) >= 11 is 7.34. The molecular weight excluding hydrogens is 392 g/mol. The highest BCUT2D eigenvalue weighted by Crippen LogP contribution is 2.40. The van der Waals surface area contributed by atoms with Crippen LogP contribution in [0.5, 0.6) is 0 Å².